The topological polar surface area (TPSA) is 148 Å². The number of aliphatic hydroxyl groups is 4. The lowest BCUT2D eigenvalue weighted by Crippen LogP contribution is -2.38. The SMILES string of the molecule is O=P(O)(O)[C@@H](O)[C@H]1O[C@H](CO)[C@@H](O)[C@@H]1O. The summed E-state index contributed by atoms with van der Waals surface area (Å²) in [6.45, 7) is -0.622. The molecule has 1 aliphatic rings. The highest BCUT2D eigenvalue weighted by Crippen LogP contribution is 2.44. The fourth-order valence-corrected chi connectivity index (χ4v) is 2.00. The van der Waals surface area contributed by atoms with Crippen LogP contribution in [0.2, 0.25) is 0 Å². The van der Waals surface area contributed by atoms with Crippen LogP contribution in [0.15, 0.2) is 0 Å². The maximum Gasteiger partial charge on any atom is 0.356 e. The lowest BCUT2D eigenvalue weighted by Gasteiger charge is -2.21. The summed E-state index contributed by atoms with van der Waals surface area (Å²) in [5.74, 6) is -2.22. The molecule has 0 radical (unpaired) electrons. The van der Waals surface area contributed by atoms with E-state index in [1.807, 2.05) is 0 Å². The van der Waals surface area contributed by atoms with E-state index < -0.39 is 44.5 Å². The average molecular weight is 244 g/mol. The van der Waals surface area contributed by atoms with Crippen molar-refractivity contribution in [2.45, 2.75) is 30.3 Å². The van der Waals surface area contributed by atoms with E-state index in [4.69, 9.17) is 24.7 Å². The Morgan fingerprint density at radius 2 is 1.80 bits per heavy atom. The first-order chi connectivity index (χ1) is 6.79. The third kappa shape index (κ3) is 2.55. The Morgan fingerprint density at radius 1 is 1.27 bits per heavy atom. The lowest BCUT2D eigenvalue weighted by atomic mass is 10.1. The van der Waals surface area contributed by atoms with E-state index in [1.165, 1.54) is 0 Å². The predicted molar refractivity (Wildman–Crippen MR) is 45.8 cm³/mol. The van der Waals surface area contributed by atoms with Crippen molar-refractivity contribution in [2.75, 3.05) is 6.61 Å². The molecular formula is C6H13O8P. The lowest BCUT2D eigenvalue weighted by molar-refractivity contribution is -0.0563. The van der Waals surface area contributed by atoms with Gasteiger partial charge < -0.3 is 34.9 Å². The van der Waals surface area contributed by atoms with E-state index in [9.17, 15) is 14.8 Å². The van der Waals surface area contributed by atoms with Crippen molar-refractivity contribution >= 4 is 7.60 Å². The van der Waals surface area contributed by atoms with Crippen LogP contribution in [0.1, 0.15) is 0 Å². The Labute approximate surface area is 84.9 Å². The second-order valence-electron chi connectivity index (χ2n) is 3.31. The van der Waals surface area contributed by atoms with Crippen LogP contribution in [0.25, 0.3) is 0 Å². The van der Waals surface area contributed by atoms with Crippen molar-refractivity contribution in [2.24, 2.45) is 0 Å². The standard InChI is InChI=1S/C6H13O8P/c7-1-2-3(8)4(9)5(14-2)6(10)15(11,12)13/h2-10H,1H2,(H2,11,12,13)/t2-,3-,4+,5+,6-/m1/s1. The number of aliphatic hydroxyl groups excluding tert-OH is 4. The zero-order valence-corrected chi connectivity index (χ0v) is 8.44. The van der Waals surface area contributed by atoms with Gasteiger partial charge in [0.2, 0.25) is 0 Å². The van der Waals surface area contributed by atoms with Gasteiger partial charge in [0.25, 0.3) is 0 Å². The van der Waals surface area contributed by atoms with Gasteiger partial charge in [-0.1, -0.05) is 0 Å². The second-order valence-corrected chi connectivity index (χ2v) is 5.01. The molecular weight excluding hydrogens is 231 g/mol. The molecule has 1 heterocycles. The summed E-state index contributed by atoms with van der Waals surface area (Å²) in [6, 6.07) is 0. The van der Waals surface area contributed by atoms with Crippen LogP contribution in [0.5, 0.6) is 0 Å². The fourth-order valence-electron chi connectivity index (χ4n) is 1.37. The van der Waals surface area contributed by atoms with Crippen LogP contribution in [-0.2, 0) is 9.30 Å². The molecule has 0 aromatic heterocycles. The quantitative estimate of drug-likeness (QED) is 0.287. The van der Waals surface area contributed by atoms with Gasteiger partial charge in [-0.15, -0.1) is 0 Å². The van der Waals surface area contributed by atoms with Crippen LogP contribution < -0.4 is 0 Å². The van der Waals surface area contributed by atoms with Gasteiger partial charge in [0, 0.05) is 0 Å². The number of ether oxygens (including phenoxy) is 1. The van der Waals surface area contributed by atoms with Crippen molar-refractivity contribution < 1.29 is 39.5 Å². The predicted octanol–water partition coefficient (Wildman–Crippen LogP) is -3.04. The zero-order valence-electron chi connectivity index (χ0n) is 7.54. The highest BCUT2D eigenvalue weighted by atomic mass is 31.2. The molecule has 90 valence electrons. The zero-order chi connectivity index (χ0) is 11.8. The van der Waals surface area contributed by atoms with Gasteiger partial charge in [-0.2, -0.15) is 0 Å². The summed E-state index contributed by atoms with van der Waals surface area (Å²) in [6.07, 6.45) is -5.91. The molecule has 6 N–H and O–H groups in total. The van der Waals surface area contributed by atoms with Crippen molar-refractivity contribution in [1.29, 1.82) is 0 Å². The summed E-state index contributed by atoms with van der Waals surface area (Å²) >= 11 is 0. The number of hydrogen-bond acceptors (Lipinski definition) is 6. The van der Waals surface area contributed by atoms with E-state index in [0.29, 0.717) is 0 Å². The first-order valence-electron chi connectivity index (χ1n) is 4.14. The molecule has 9 heteroatoms. The molecule has 8 nitrogen and oxygen atoms in total. The molecule has 0 aliphatic carbocycles. The Kier molecular flexibility index (Phi) is 3.85. The van der Waals surface area contributed by atoms with E-state index in [0.717, 1.165) is 0 Å². The normalized spacial score (nSPS) is 39.3. The van der Waals surface area contributed by atoms with Gasteiger partial charge in [-0.25, -0.2) is 0 Å². The molecule has 15 heavy (non-hydrogen) atoms. The maximum absolute atomic E-state index is 10.7. The van der Waals surface area contributed by atoms with Crippen molar-refractivity contribution in [1.82, 2.24) is 0 Å². The molecule has 0 bridgehead atoms. The molecule has 1 fully saturated rings. The largest absolute Gasteiger partial charge is 0.394 e. The van der Waals surface area contributed by atoms with Gasteiger partial charge in [0.05, 0.1) is 6.61 Å². The smallest absolute Gasteiger partial charge is 0.356 e. The van der Waals surface area contributed by atoms with Gasteiger partial charge in [0.1, 0.15) is 24.4 Å². The minimum Gasteiger partial charge on any atom is -0.394 e. The van der Waals surface area contributed by atoms with Crippen LogP contribution in [0.3, 0.4) is 0 Å². The van der Waals surface area contributed by atoms with Gasteiger partial charge >= 0.3 is 7.60 Å². The Balaban J connectivity index is 2.77. The molecule has 0 aromatic carbocycles. The van der Waals surface area contributed by atoms with Crippen LogP contribution in [0, 0.1) is 0 Å². The van der Waals surface area contributed by atoms with Crippen LogP contribution in [-0.4, -0.2) is 67.1 Å². The molecule has 0 aromatic rings. The van der Waals surface area contributed by atoms with Crippen LogP contribution in [0.4, 0.5) is 0 Å². The Hall–Kier alpha value is -0.0500. The summed E-state index contributed by atoms with van der Waals surface area (Å²) in [5.41, 5.74) is 0. The first-order valence-corrected chi connectivity index (χ1v) is 5.83. The highest BCUT2D eigenvalue weighted by Gasteiger charge is 2.50. The number of rotatable bonds is 3. The van der Waals surface area contributed by atoms with Gasteiger partial charge in [-0.3, -0.25) is 4.57 Å². The number of hydrogen-bond donors (Lipinski definition) is 6. The van der Waals surface area contributed by atoms with Crippen molar-refractivity contribution in [3.8, 4) is 0 Å². The molecule has 0 unspecified atom stereocenters. The summed E-state index contributed by atoms with van der Waals surface area (Å²) < 4.78 is 15.4. The minimum absolute atomic E-state index is 0.622. The Morgan fingerprint density at radius 3 is 2.13 bits per heavy atom. The second kappa shape index (κ2) is 4.44. The molecule has 1 saturated heterocycles. The monoisotopic (exact) mass is 244 g/mol. The van der Waals surface area contributed by atoms with Gasteiger partial charge in [-0.05, 0) is 0 Å². The third-order valence-corrected chi connectivity index (χ3v) is 3.20. The first kappa shape index (κ1) is 13.0. The van der Waals surface area contributed by atoms with Crippen molar-refractivity contribution in [3.05, 3.63) is 0 Å². The maximum atomic E-state index is 10.7. The summed E-state index contributed by atoms with van der Waals surface area (Å²) in [4.78, 5) is 17.3. The molecule has 1 aliphatic heterocycles. The van der Waals surface area contributed by atoms with E-state index >= 15 is 0 Å². The van der Waals surface area contributed by atoms with Crippen molar-refractivity contribution in [3.63, 3.8) is 0 Å². The molecule has 0 saturated carbocycles. The fraction of sp³-hybridized carbons (Fsp3) is 1.00. The average Bonchev–Trinajstić information content (AvgIpc) is 2.41. The molecule has 1 rings (SSSR count). The third-order valence-electron chi connectivity index (χ3n) is 2.22. The van der Waals surface area contributed by atoms with E-state index in [2.05, 4.69) is 0 Å². The summed E-state index contributed by atoms with van der Waals surface area (Å²) in [7, 11) is -4.83. The van der Waals surface area contributed by atoms with Crippen LogP contribution >= 0.6 is 7.60 Å². The van der Waals surface area contributed by atoms with E-state index in [-0.39, 0.29) is 0 Å². The highest BCUT2D eigenvalue weighted by molar-refractivity contribution is 7.52. The minimum atomic E-state index is -4.83. The molecule has 0 amide bonds. The molecule has 5 atom stereocenters. The molecule has 0 spiro atoms. The Bertz CT molecular complexity index is 264. The van der Waals surface area contributed by atoms with Gasteiger partial charge in [0.15, 0.2) is 5.85 Å². The summed E-state index contributed by atoms with van der Waals surface area (Å²) in [5, 5.41) is 36.4. The van der Waals surface area contributed by atoms with E-state index in [1.54, 1.807) is 0 Å².